The SMILES string of the molecule is CC(Cc1cccs1)N1CC(N)CC1=O. The first-order valence-corrected chi connectivity index (χ1v) is 6.12. The van der Waals surface area contributed by atoms with E-state index < -0.39 is 0 Å². The number of carbonyl (C=O) groups is 1. The Balaban J connectivity index is 1.96. The Hall–Kier alpha value is -0.870. The van der Waals surface area contributed by atoms with Crippen molar-refractivity contribution in [1.29, 1.82) is 0 Å². The van der Waals surface area contributed by atoms with Gasteiger partial charge in [0.15, 0.2) is 0 Å². The van der Waals surface area contributed by atoms with Crippen molar-refractivity contribution in [2.24, 2.45) is 5.73 Å². The summed E-state index contributed by atoms with van der Waals surface area (Å²) >= 11 is 1.74. The molecule has 2 N–H and O–H groups in total. The molecule has 15 heavy (non-hydrogen) atoms. The topological polar surface area (TPSA) is 46.3 Å². The number of hydrogen-bond acceptors (Lipinski definition) is 3. The van der Waals surface area contributed by atoms with Crippen molar-refractivity contribution in [2.45, 2.75) is 31.8 Å². The minimum Gasteiger partial charge on any atom is -0.338 e. The zero-order chi connectivity index (χ0) is 10.8. The highest BCUT2D eigenvalue weighted by atomic mass is 32.1. The first kappa shape index (κ1) is 10.6. The van der Waals surface area contributed by atoms with Gasteiger partial charge in [-0.05, 0) is 18.4 Å². The minimum absolute atomic E-state index is 0.0308. The predicted molar refractivity (Wildman–Crippen MR) is 61.8 cm³/mol. The van der Waals surface area contributed by atoms with Crippen molar-refractivity contribution in [3.8, 4) is 0 Å². The molecular formula is C11H16N2OS. The number of amides is 1. The molecule has 0 saturated carbocycles. The van der Waals surface area contributed by atoms with E-state index in [4.69, 9.17) is 5.73 Å². The summed E-state index contributed by atoms with van der Waals surface area (Å²) in [6.07, 6.45) is 1.45. The number of hydrogen-bond donors (Lipinski definition) is 1. The van der Waals surface area contributed by atoms with Crippen LogP contribution in [0.1, 0.15) is 18.2 Å². The Morgan fingerprint density at radius 2 is 2.53 bits per heavy atom. The van der Waals surface area contributed by atoms with Crippen molar-refractivity contribution < 1.29 is 4.79 Å². The van der Waals surface area contributed by atoms with Crippen LogP contribution in [0.5, 0.6) is 0 Å². The van der Waals surface area contributed by atoms with E-state index in [-0.39, 0.29) is 18.0 Å². The molecule has 1 amide bonds. The van der Waals surface area contributed by atoms with Gasteiger partial charge < -0.3 is 10.6 Å². The third kappa shape index (κ3) is 2.38. The Morgan fingerprint density at radius 3 is 3.07 bits per heavy atom. The molecule has 1 aliphatic heterocycles. The van der Waals surface area contributed by atoms with E-state index in [2.05, 4.69) is 18.4 Å². The Morgan fingerprint density at radius 1 is 1.73 bits per heavy atom. The fraction of sp³-hybridized carbons (Fsp3) is 0.545. The average Bonchev–Trinajstić information content (AvgIpc) is 2.75. The molecular weight excluding hydrogens is 208 g/mol. The van der Waals surface area contributed by atoms with E-state index in [0.29, 0.717) is 13.0 Å². The lowest BCUT2D eigenvalue weighted by atomic mass is 10.2. The summed E-state index contributed by atoms with van der Waals surface area (Å²) in [5.41, 5.74) is 5.77. The van der Waals surface area contributed by atoms with Crippen LogP contribution in [0.25, 0.3) is 0 Å². The fourth-order valence-corrected chi connectivity index (χ4v) is 2.84. The molecule has 2 atom stereocenters. The zero-order valence-corrected chi connectivity index (χ0v) is 9.67. The second-order valence-corrected chi connectivity index (χ2v) is 5.18. The number of rotatable bonds is 3. The molecule has 0 aromatic carbocycles. The maximum Gasteiger partial charge on any atom is 0.224 e. The molecule has 1 aromatic rings. The van der Waals surface area contributed by atoms with Crippen LogP contribution < -0.4 is 5.73 Å². The van der Waals surface area contributed by atoms with Crippen molar-refractivity contribution in [3.05, 3.63) is 22.4 Å². The third-order valence-corrected chi connectivity index (χ3v) is 3.70. The van der Waals surface area contributed by atoms with Gasteiger partial charge in [-0.3, -0.25) is 4.79 Å². The molecule has 0 radical (unpaired) electrons. The minimum atomic E-state index is 0.0308. The van der Waals surface area contributed by atoms with E-state index in [0.717, 1.165) is 6.42 Å². The summed E-state index contributed by atoms with van der Waals surface area (Å²) in [6.45, 7) is 2.81. The van der Waals surface area contributed by atoms with E-state index >= 15 is 0 Å². The molecule has 1 saturated heterocycles. The quantitative estimate of drug-likeness (QED) is 0.839. The van der Waals surface area contributed by atoms with E-state index in [1.165, 1.54) is 4.88 Å². The highest BCUT2D eigenvalue weighted by Gasteiger charge is 2.30. The summed E-state index contributed by atoms with van der Waals surface area (Å²) < 4.78 is 0. The molecule has 4 heteroatoms. The summed E-state index contributed by atoms with van der Waals surface area (Å²) in [5, 5.41) is 2.07. The van der Waals surface area contributed by atoms with E-state index in [1.807, 2.05) is 11.0 Å². The molecule has 2 rings (SSSR count). The largest absolute Gasteiger partial charge is 0.338 e. The number of carbonyl (C=O) groups excluding carboxylic acids is 1. The van der Waals surface area contributed by atoms with Crippen LogP contribution in [-0.2, 0) is 11.2 Å². The van der Waals surface area contributed by atoms with Gasteiger partial charge in [0.2, 0.25) is 5.91 Å². The Labute approximate surface area is 93.9 Å². The molecule has 82 valence electrons. The Bertz CT molecular complexity index is 336. The highest BCUT2D eigenvalue weighted by Crippen LogP contribution is 2.18. The maximum atomic E-state index is 11.6. The molecule has 2 unspecified atom stereocenters. The van der Waals surface area contributed by atoms with Gasteiger partial charge >= 0.3 is 0 Å². The van der Waals surface area contributed by atoms with Crippen LogP contribution in [0, 0.1) is 0 Å². The van der Waals surface area contributed by atoms with Gasteiger partial charge in [-0.1, -0.05) is 6.07 Å². The molecule has 1 aromatic heterocycles. The number of nitrogens with two attached hydrogens (primary N) is 1. The lowest BCUT2D eigenvalue weighted by Crippen LogP contribution is -2.37. The lowest BCUT2D eigenvalue weighted by Gasteiger charge is -2.24. The molecule has 3 nitrogen and oxygen atoms in total. The highest BCUT2D eigenvalue weighted by molar-refractivity contribution is 7.09. The second-order valence-electron chi connectivity index (χ2n) is 4.14. The van der Waals surface area contributed by atoms with Gasteiger partial charge in [0, 0.05) is 36.3 Å². The number of thiophene rings is 1. The van der Waals surface area contributed by atoms with Gasteiger partial charge in [-0.2, -0.15) is 0 Å². The molecule has 1 fully saturated rings. The number of nitrogens with zero attached hydrogens (tertiary/aromatic N) is 1. The van der Waals surface area contributed by atoms with Crippen molar-refractivity contribution >= 4 is 17.2 Å². The van der Waals surface area contributed by atoms with Crippen LogP contribution in [0.2, 0.25) is 0 Å². The van der Waals surface area contributed by atoms with Crippen LogP contribution >= 0.6 is 11.3 Å². The third-order valence-electron chi connectivity index (χ3n) is 2.80. The van der Waals surface area contributed by atoms with Gasteiger partial charge in [-0.25, -0.2) is 0 Å². The standard InChI is InChI=1S/C11H16N2OS/c1-8(5-10-3-2-4-15-10)13-7-9(12)6-11(13)14/h2-4,8-9H,5-7,12H2,1H3. The average molecular weight is 224 g/mol. The molecule has 0 spiro atoms. The van der Waals surface area contributed by atoms with Crippen molar-refractivity contribution in [2.75, 3.05) is 6.54 Å². The van der Waals surface area contributed by atoms with Crippen LogP contribution in [-0.4, -0.2) is 29.4 Å². The molecule has 1 aliphatic rings. The zero-order valence-electron chi connectivity index (χ0n) is 8.85. The number of likely N-dealkylation sites (tertiary alicyclic amines) is 1. The van der Waals surface area contributed by atoms with Gasteiger partial charge in [0.1, 0.15) is 0 Å². The first-order chi connectivity index (χ1) is 7.16. The summed E-state index contributed by atoms with van der Waals surface area (Å²) in [7, 11) is 0. The van der Waals surface area contributed by atoms with E-state index in [1.54, 1.807) is 11.3 Å². The summed E-state index contributed by atoms with van der Waals surface area (Å²) in [5.74, 6) is 0.201. The normalized spacial score (nSPS) is 23.5. The Kier molecular flexibility index (Phi) is 3.07. The van der Waals surface area contributed by atoms with Gasteiger partial charge in [-0.15, -0.1) is 11.3 Å². The summed E-state index contributed by atoms with van der Waals surface area (Å²) in [6, 6.07) is 4.46. The maximum absolute atomic E-state index is 11.6. The van der Waals surface area contributed by atoms with Crippen molar-refractivity contribution in [3.63, 3.8) is 0 Å². The lowest BCUT2D eigenvalue weighted by molar-refractivity contribution is -0.129. The molecule has 2 heterocycles. The van der Waals surface area contributed by atoms with Crippen LogP contribution in [0.3, 0.4) is 0 Å². The van der Waals surface area contributed by atoms with Gasteiger partial charge in [0.05, 0.1) is 0 Å². The monoisotopic (exact) mass is 224 g/mol. The smallest absolute Gasteiger partial charge is 0.224 e. The molecule has 0 bridgehead atoms. The van der Waals surface area contributed by atoms with Crippen LogP contribution in [0.4, 0.5) is 0 Å². The summed E-state index contributed by atoms with van der Waals surface area (Å²) in [4.78, 5) is 14.8. The van der Waals surface area contributed by atoms with E-state index in [9.17, 15) is 4.79 Å². The molecule has 0 aliphatic carbocycles. The van der Waals surface area contributed by atoms with Gasteiger partial charge in [0.25, 0.3) is 0 Å². The van der Waals surface area contributed by atoms with Crippen molar-refractivity contribution in [1.82, 2.24) is 4.90 Å². The second kappa shape index (κ2) is 4.33. The predicted octanol–water partition coefficient (Wildman–Crippen LogP) is 1.24. The first-order valence-electron chi connectivity index (χ1n) is 5.24. The van der Waals surface area contributed by atoms with Crippen LogP contribution in [0.15, 0.2) is 17.5 Å². The fourth-order valence-electron chi connectivity index (χ4n) is 2.02.